The Kier molecular flexibility index (Phi) is 5.84. The molecule has 31 heavy (non-hydrogen) atoms. The maximum atomic E-state index is 12.4. The third kappa shape index (κ3) is 4.84. The molecule has 2 amide bonds. The van der Waals surface area contributed by atoms with Crippen molar-refractivity contribution in [3.8, 4) is 11.3 Å². The molecule has 4 rings (SSSR count). The van der Waals surface area contributed by atoms with Crippen LogP contribution in [-0.4, -0.2) is 29.5 Å². The summed E-state index contributed by atoms with van der Waals surface area (Å²) in [5, 5.41) is 6.87. The van der Waals surface area contributed by atoms with Crippen LogP contribution in [0.25, 0.3) is 22.2 Å². The quantitative estimate of drug-likeness (QED) is 0.485. The van der Waals surface area contributed by atoms with Crippen LogP contribution in [0.1, 0.15) is 15.9 Å². The van der Waals surface area contributed by atoms with E-state index in [1.165, 1.54) is 0 Å². The zero-order valence-electron chi connectivity index (χ0n) is 16.4. The summed E-state index contributed by atoms with van der Waals surface area (Å²) in [6.45, 7) is -0.563. The first-order valence-electron chi connectivity index (χ1n) is 9.59. The summed E-state index contributed by atoms with van der Waals surface area (Å²) in [6.07, 6.45) is 0.0624. The van der Waals surface area contributed by atoms with Gasteiger partial charge < -0.3 is 9.26 Å². The number of esters is 1. The second-order valence-corrected chi connectivity index (χ2v) is 6.82. The molecule has 0 aliphatic heterocycles. The summed E-state index contributed by atoms with van der Waals surface area (Å²) in [7, 11) is 0. The highest BCUT2D eigenvalue weighted by Crippen LogP contribution is 2.29. The Hall–Kier alpha value is -4.26. The first kappa shape index (κ1) is 20.0. The maximum Gasteiger partial charge on any atom is 0.338 e. The van der Waals surface area contributed by atoms with Gasteiger partial charge in [-0.2, -0.15) is 0 Å². The number of fused-ring (bicyclic) bond motifs is 1. The minimum atomic E-state index is -0.690. The van der Waals surface area contributed by atoms with E-state index in [4.69, 9.17) is 9.26 Å². The van der Waals surface area contributed by atoms with E-state index in [0.717, 1.165) is 11.1 Å². The topological polar surface area (TPSA) is 98.5 Å². The Morgan fingerprint density at radius 1 is 0.871 bits per heavy atom. The minimum absolute atomic E-state index is 0.0624. The van der Waals surface area contributed by atoms with Crippen LogP contribution in [0.3, 0.4) is 0 Å². The van der Waals surface area contributed by atoms with Gasteiger partial charge >= 0.3 is 5.97 Å². The van der Waals surface area contributed by atoms with Gasteiger partial charge in [0.1, 0.15) is 5.52 Å². The third-order valence-electron chi connectivity index (χ3n) is 4.57. The largest absolute Gasteiger partial charge is 0.452 e. The Labute approximate surface area is 177 Å². The van der Waals surface area contributed by atoms with Crippen molar-refractivity contribution < 1.29 is 23.6 Å². The molecule has 3 aromatic carbocycles. The van der Waals surface area contributed by atoms with Crippen LogP contribution in [0.5, 0.6) is 0 Å². The molecule has 1 heterocycles. The van der Waals surface area contributed by atoms with Gasteiger partial charge in [-0.25, -0.2) is 4.79 Å². The number of rotatable bonds is 6. The molecule has 0 radical (unpaired) electrons. The van der Waals surface area contributed by atoms with Gasteiger partial charge in [0, 0.05) is 5.56 Å². The lowest BCUT2D eigenvalue weighted by Gasteiger charge is -2.06. The SMILES string of the molecule is O=C(COC(=O)c1ccc2noc(-c3ccccc3)c2c1)NC(=O)Cc1ccccc1. The van der Waals surface area contributed by atoms with Crippen LogP contribution in [0.2, 0.25) is 0 Å². The number of carbonyl (C=O) groups is 3. The van der Waals surface area contributed by atoms with Crippen LogP contribution in [0, 0.1) is 0 Å². The van der Waals surface area contributed by atoms with E-state index >= 15 is 0 Å². The van der Waals surface area contributed by atoms with Gasteiger partial charge in [0.05, 0.1) is 17.4 Å². The number of nitrogens with zero attached hydrogens (tertiary/aromatic N) is 1. The summed E-state index contributed by atoms with van der Waals surface area (Å²) in [5.74, 6) is -1.31. The number of imide groups is 1. The number of hydrogen-bond acceptors (Lipinski definition) is 6. The monoisotopic (exact) mass is 414 g/mol. The van der Waals surface area contributed by atoms with Gasteiger partial charge in [0.2, 0.25) is 5.91 Å². The van der Waals surface area contributed by atoms with Crippen LogP contribution < -0.4 is 5.32 Å². The van der Waals surface area contributed by atoms with Crippen molar-refractivity contribution in [3.05, 3.63) is 90.0 Å². The van der Waals surface area contributed by atoms with Crippen LogP contribution in [-0.2, 0) is 20.7 Å². The van der Waals surface area contributed by atoms with Crippen molar-refractivity contribution in [1.29, 1.82) is 0 Å². The first-order valence-corrected chi connectivity index (χ1v) is 9.59. The Morgan fingerprint density at radius 2 is 1.58 bits per heavy atom. The molecule has 0 saturated carbocycles. The summed E-state index contributed by atoms with van der Waals surface area (Å²) in [5.41, 5.74) is 2.45. The van der Waals surface area contributed by atoms with E-state index in [2.05, 4.69) is 10.5 Å². The number of aromatic nitrogens is 1. The number of nitrogens with one attached hydrogen (secondary N) is 1. The minimum Gasteiger partial charge on any atom is -0.452 e. The smallest absolute Gasteiger partial charge is 0.338 e. The van der Waals surface area contributed by atoms with Gasteiger partial charge in [0.25, 0.3) is 5.91 Å². The molecule has 0 bridgehead atoms. The molecule has 0 saturated heterocycles. The normalized spacial score (nSPS) is 10.6. The van der Waals surface area contributed by atoms with Gasteiger partial charge in [-0.15, -0.1) is 0 Å². The fraction of sp³-hybridized carbons (Fsp3) is 0.0833. The molecule has 7 nitrogen and oxygen atoms in total. The van der Waals surface area contributed by atoms with E-state index in [-0.39, 0.29) is 12.0 Å². The number of ether oxygens (including phenoxy) is 1. The van der Waals surface area contributed by atoms with Crippen LogP contribution in [0.15, 0.2) is 83.4 Å². The lowest BCUT2D eigenvalue weighted by Crippen LogP contribution is -2.35. The Balaban J connectivity index is 1.38. The lowest BCUT2D eigenvalue weighted by atomic mass is 10.1. The molecule has 4 aromatic rings. The summed E-state index contributed by atoms with van der Waals surface area (Å²) >= 11 is 0. The zero-order chi connectivity index (χ0) is 21.6. The van der Waals surface area contributed by atoms with Gasteiger partial charge in [0.15, 0.2) is 12.4 Å². The lowest BCUT2D eigenvalue weighted by molar-refractivity contribution is -0.132. The molecule has 0 aliphatic rings. The fourth-order valence-corrected chi connectivity index (χ4v) is 3.10. The molecule has 0 aliphatic carbocycles. The van der Waals surface area contributed by atoms with Crippen molar-refractivity contribution in [2.24, 2.45) is 0 Å². The Morgan fingerprint density at radius 3 is 2.32 bits per heavy atom. The molecule has 154 valence electrons. The fourth-order valence-electron chi connectivity index (χ4n) is 3.10. The van der Waals surface area contributed by atoms with E-state index in [0.29, 0.717) is 16.7 Å². The molecule has 0 unspecified atom stereocenters. The molecule has 1 N–H and O–H groups in total. The first-order chi connectivity index (χ1) is 15.1. The third-order valence-corrected chi connectivity index (χ3v) is 4.57. The van der Waals surface area contributed by atoms with Crippen molar-refractivity contribution in [2.45, 2.75) is 6.42 Å². The van der Waals surface area contributed by atoms with Crippen molar-refractivity contribution in [2.75, 3.05) is 6.61 Å². The highest BCUT2D eigenvalue weighted by Gasteiger charge is 2.16. The van der Waals surface area contributed by atoms with Crippen molar-refractivity contribution >= 4 is 28.7 Å². The number of carbonyl (C=O) groups excluding carboxylic acids is 3. The zero-order valence-corrected chi connectivity index (χ0v) is 16.4. The number of amides is 2. The molecule has 0 fully saturated rings. The summed E-state index contributed by atoms with van der Waals surface area (Å²) in [6, 6.07) is 23.2. The standard InChI is InChI=1S/C24H18N2O5/c27-21(13-16-7-3-1-4-8-16)25-22(28)15-30-24(29)18-11-12-20-19(14-18)23(31-26-20)17-9-5-2-6-10-17/h1-12,14H,13,15H2,(H,25,27,28). The van der Waals surface area contributed by atoms with E-state index in [1.807, 2.05) is 48.5 Å². The molecular formula is C24H18N2O5. The highest BCUT2D eigenvalue weighted by atomic mass is 16.5. The maximum absolute atomic E-state index is 12.4. The molecule has 0 spiro atoms. The van der Waals surface area contributed by atoms with Crippen molar-refractivity contribution in [1.82, 2.24) is 10.5 Å². The molecule has 7 heteroatoms. The van der Waals surface area contributed by atoms with Gasteiger partial charge in [-0.3, -0.25) is 14.9 Å². The van der Waals surface area contributed by atoms with E-state index in [1.54, 1.807) is 30.3 Å². The van der Waals surface area contributed by atoms with Gasteiger partial charge in [-0.05, 0) is 23.8 Å². The van der Waals surface area contributed by atoms with Crippen LogP contribution in [0.4, 0.5) is 0 Å². The average molecular weight is 414 g/mol. The summed E-state index contributed by atoms with van der Waals surface area (Å²) in [4.78, 5) is 36.3. The van der Waals surface area contributed by atoms with Crippen LogP contribution >= 0.6 is 0 Å². The second kappa shape index (κ2) is 9.04. The van der Waals surface area contributed by atoms with E-state index in [9.17, 15) is 14.4 Å². The van der Waals surface area contributed by atoms with E-state index < -0.39 is 24.4 Å². The molecule has 0 atom stereocenters. The average Bonchev–Trinajstić information content (AvgIpc) is 3.22. The second-order valence-electron chi connectivity index (χ2n) is 6.82. The van der Waals surface area contributed by atoms with Crippen molar-refractivity contribution in [3.63, 3.8) is 0 Å². The predicted molar refractivity (Wildman–Crippen MR) is 113 cm³/mol. The summed E-state index contributed by atoms with van der Waals surface area (Å²) < 4.78 is 10.5. The molecule has 1 aromatic heterocycles. The molecular weight excluding hydrogens is 396 g/mol. The number of hydrogen-bond donors (Lipinski definition) is 1. The Bertz CT molecular complexity index is 1230. The number of benzene rings is 3. The predicted octanol–water partition coefficient (Wildman–Crippen LogP) is 3.54. The highest BCUT2D eigenvalue weighted by molar-refractivity contribution is 6.00. The van der Waals surface area contributed by atoms with Gasteiger partial charge in [-0.1, -0.05) is 65.8 Å².